The van der Waals surface area contributed by atoms with Crippen LogP contribution in [-0.4, -0.2) is 24.2 Å². The predicted molar refractivity (Wildman–Crippen MR) is 83.0 cm³/mol. The second-order valence-electron chi connectivity index (χ2n) is 4.70. The number of rotatable bonds is 6. The quantitative estimate of drug-likeness (QED) is 0.478. The lowest BCUT2D eigenvalue weighted by molar-refractivity contribution is -0.144. The summed E-state index contributed by atoms with van der Waals surface area (Å²) in [6.45, 7) is -0.707. The molecule has 0 heterocycles. The lowest BCUT2D eigenvalue weighted by atomic mass is 10.3. The Bertz CT molecular complexity index is 801. The van der Waals surface area contributed by atoms with Crippen molar-refractivity contribution in [1.82, 2.24) is 0 Å². The number of hydrogen-bond donors (Lipinski definition) is 1. The Balaban J connectivity index is 1.79. The molecule has 0 spiro atoms. The maximum atomic E-state index is 13.4. The number of amides is 1. The van der Waals surface area contributed by atoms with E-state index in [2.05, 4.69) is 10.1 Å². The minimum atomic E-state index is -0.975. The Labute approximate surface area is 144 Å². The van der Waals surface area contributed by atoms with Gasteiger partial charge in [-0.3, -0.25) is 9.59 Å². The van der Waals surface area contributed by atoms with Crippen LogP contribution in [-0.2, 0) is 14.3 Å². The van der Waals surface area contributed by atoms with E-state index in [0.29, 0.717) is 17.8 Å². The van der Waals surface area contributed by atoms with E-state index >= 15 is 0 Å². The highest BCUT2D eigenvalue weighted by molar-refractivity contribution is 8.00. The molecule has 25 heavy (non-hydrogen) atoms. The first-order chi connectivity index (χ1) is 11.8. The van der Waals surface area contributed by atoms with Gasteiger partial charge < -0.3 is 10.1 Å². The lowest BCUT2D eigenvalue weighted by Crippen LogP contribution is -2.22. The van der Waals surface area contributed by atoms with Crippen molar-refractivity contribution in [2.75, 3.05) is 17.7 Å². The Kier molecular flexibility index (Phi) is 6.40. The number of esters is 1. The van der Waals surface area contributed by atoms with E-state index in [0.717, 1.165) is 30.3 Å². The van der Waals surface area contributed by atoms with Gasteiger partial charge in [0.05, 0.1) is 11.4 Å². The molecule has 0 aliphatic heterocycles. The number of thioether (sulfide) groups is 1. The first kappa shape index (κ1) is 18.8. The van der Waals surface area contributed by atoms with Crippen LogP contribution in [0.2, 0.25) is 0 Å². The second-order valence-corrected chi connectivity index (χ2v) is 5.71. The minimum Gasteiger partial charge on any atom is -0.455 e. The van der Waals surface area contributed by atoms with Gasteiger partial charge in [-0.1, -0.05) is 0 Å². The van der Waals surface area contributed by atoms with E-state index in [9.17, 15) is 27.2 Å². The van der Waals surface area contributed by atoms with Crippen molar-refractivity contribution in [3.63, 3.8) is 0 Å². The van der Waals surface area contributed by atoms with Crippen molar-refractivity contribution in [2.45, 2.75) is 4.90 Å². The summed E-state index contributed by atoms with van der Waals surface area (Å²) < 4.78 is 57.1. The van der Waals surface area contributed by atoms with Crippen LogP contribution in [0.1, 0.15) is 0 Å². The summed E-state index contributed by atoms with van der Waals surface area (Å²) in [7, 11) is 0. The predicted octanol–water partition coefficient (Wildman–Crippen LogP) is 3.52. The van der Waals surface area contributed by atoms with Crippen LogP contribution in [0, 0.1) is 23.3 Å². The fraction of sp³-hybridized carbons (Fsp3) is 0.125. The molecule has 132 valence electrons. The molecule has 0 radical (unpaired) electrons. The molecule has 4 nitrogen and oxygen atoms in total. The van der Waals surface area contributed by atoms with Gasteiger partial charge in [-0.2, -0.15) is 0 Å². The maximum absolute atomic E-state index is 13.4. The number of ether oxygens (including phenoxy) is 1. The molecular formula is C16H11F4NO3S. The Hall–Kier alpha value is -2.55. The summed E-state index contributed by atoms with van der Waals surface area (Å²) in [5.41, 5.74) is -0.265. The standard InChI is InChI=1S/C16H11F4NO3S/c17-9-2-4-13(12(20)5-9)21-15(22)7-24-16(23)8-25-14-6-10(18)1-3-11(14)19/h1-6H,7-8H2,(H,21,22). The normalized spacial score (nSPS) is 10.4. The van der Waals surface area contributed by atoms with Gasteiger partial charge in [0.1, 0.15) is 23.3 Å². The largest absolute Gasteiger partial charge is 0.455 e. The molecule has 2 aromatic rings. The van der Waals surface area contributed by atoms with Crippen molar-refractivity contribution in [2.24, 2.45) is 0 Å². The van der Waals surface area contributed by atoms with Crippen LogP contribution in [0.15, 0.2) is 41.3 Å². The summed E-state index contributed by atoms with van der Waals surface area (Å²) in [4.78, 5) is 23.0. The molecule has 0 aliphatic rings. The Morgan fingerprint density at radius 3 is 2.36 bits per heavy atom. The van der Waals surface area contributed by atoms with Gasteiger partial charge in [-0.25, -0.2) is 17.6 Å². The molecule has 1 N–H and O–H groups in total. The molecule has 2 rings (SSSR count). The summed E-state index contributed by atoms with van der Waals surface area (Å²) in [6, 6.07) is 5.36. The van der Waals surface area contributed by atoms with E-state index in [-0.39, 0.29) is 16.3 Å². The van der Waals surface area contributed by atoms with Crippen molar-refractivity contribution < 1.29 is 31.9 Å². The zero-order chi connectivity index (χ0) is 18.4. The number of carbonyl (C=O) groups is 2. The summed E-state index contributed by atoms with van der Waals surface area (Å²) >= 11 is 0.706. The minimum absolute atomic E-state index is 0.0743. The third kappa shape index (κ3) is 5.79. The summed E-state index contributed by atoms with van der Waals surface area (Å²) in [6.07, 6.45) is 0. The van der Waals surface area contributed by atoms with Gasteiger partial charge in [0.15, 0.2) is 6.61 Å². The first-order valence-electron chi connectivity index (χ1n) is 6.83. The fourth-order valence-corrected chi connectivity index (χ4v) is 2.45. The molecule has 1 amide bonds. The van der Waals surface area contributed by atoms with E-state index in [4.69, 9.17) is 0 Å². The number of halogens is 4. The van der Waals surface area contributed by atoms with Crippen molar-refractivity contribution in [1.29, 1.82) is 0 Å². The van der Waals surface area contributed by atoms with Crippen molar-refractivity contribution in [3.8, 4) is 0 Å². The van der Waals surface area contributed by atoms with Crippen molar-refractivity contribution in [3.05, 3.63) is 59.7 Å². The van der Waals surface area contributed by atoms with Crippen LogP contribution in [0.25, 0.3) is 0 Å². The van der Waals surface area contributed by atoms with E-state index < -0.39 is 41.8 Å². The summed E-state index contributed by atoms with van der Waals surface area (Å²) in [5, 5.41) is 2.11. The number of nitrogens with one attached hydrogen (secondary N) is 1. The van der Waals surface area contributed by atoms with E-state index in [1.807, 2.05) is 0 Å². The molecule has 0 aromatic heterocycles. The fourth-order valence-electron chi connectivity index (χ4n) is 1.69. The van der Waals surface area contributed by atoms with Gasteiger partial charge in [-0.15, -0.1) is 11.8 Å². The van der Waals surface area contributed by atoms with Crippen LogP contribution in [0.3, 0.4) is 0 Å². The number of benzene rings is 2. The molecule has 0 saturated heterocycles. The molecule has 0 aliphatic carbocycles. The van der Waals surface area contributed by atoms with Crippen molar-refractivity contribution >= 4 is 29.3 Å². The first-order valence-corrected chi connectivity index (χ1v) is 7.82. The van der Waals surface area contributed by atoms with Gasteiger partial charge in [0, 0.05) is 11.0 Å². The molecule has 0 bridgehead atoms. The molecular weight excluding hydrogens is 362 g/mol. The smallest absolute Gasteiger partial charge is 0.316 e. The topological polar surface area (TPSA) is 55.4 Å². The molecule has 0 saturated carbocycles. The molecule has 9 heteroatoms. The third-order valence-electron chi connectivity index (χ3n) is 2.81. The van der Waals surface area contributed by atoms with Crippen LogP contribution >= 0.6 is 11.8 Å². The van der Waals surface area contributed by atoms with Crippen LogP contribution in [0.4, 0.5) is 23.2 Å². The van der Waals surface area contributed by atoms with Gasteiger partial charge in [0.25, 0.3) is 5.91 Å². The molecule has 2 aromatic carbocycles. The zero-order valence-electron chi connectivity index (χ0n) is 12.5. The lowest BCUT2D eigenvalue weighted by Gasteiger charge is -2.08. The summed E-state index contributed by atoms with van der Waals surface area (Å²) in [5.74, 6) is -5.15. The molecule has 0 atom stereocenters. The zero-order valence-corrected chi connectivity index (χ0v) is 13.3. The highest BCUT2D eigenvalue weighted by Gasteiger charge is 2.12. The van der Waals surface area contributed by atoms with Gasteiger partial charge in [-0.05, 0) is 30.3 Å². The molecule has 0 unspecified atom stereocenters. The van der Waals surface area contributed by atoms with Gasteiger partial charge in [0.2, 0.25) is 0 Å². The molecule has 0 fully saturated rings. The van der Waals surface area contributed by atoms with Crippen LogP contribution in [0.5, 0.6) is 0 Å². The van der Waals surface area contributed by atoms with E-state index in [1.165, 1.54) is 0 Å². The third-order valence-corrected chi connectivity index (χ3v) is 3.81. The second kappa shape index (κ2) is 8.52. The Morgan fingerprint density at radius 2 is 1.64 bits per heavy atom. The van der Waals surface area contributed by atoms with E-state index in [1.54, 1.807) is 0 Å². The average Bonchev–Trinajstić information content (AvgIpc) is 2.56. The monoisotopic (exact) mass is 373 g/mol. The van der Waals surface area contributed by atoms with Gasteiger partial charge >= 0.3 is 5.97 Å². The number of anilines is 1. The SMILES string of the molecule is O=C(COC(=O)CSc1cc(F)ccc1F)Nc1ccc(F)cc1F. The highest BCUT2D eigenvalue weighted by atomic mass is 32.2. The number of carbonyl (C=O) groups excluding carboxylic acids is 2. The average molecular weight is 373 g/mol. The Morgan fingerprint density at radius 1 is 0.960 bits per heavy atom. The van der Waals surface area contributed by atoms with Crippen LogP contribution < -0.4 is 5.32 Å². The highest BCUT2D eigenvalue weighted by Crippen LogP contribution is 2.22. The maximum Gasteiger partial charge on any atom is 0.316 e. The number of hydrogen-bond acceptors (Lipinski definition) is 4.